The van der Waals surface area contributed by atoms with Gasteiger partial charge in [0.2, 0.25) is 0 Å². The van der Waals surface area contributed by atoms with Crippen molar-refractivity contribution in [1.82, 2.24) is 0 Å². The highest BCUT2D eigenvalue weighted by Gasteiger charge is 2.18. The SMILES string of the molecule is C=CCS(=O)(=O)c1ccc(C(=O)O)cc1F. The molecule has 0 spiro atoms. The average molecular weight is 244 g/mol. The molecule has 0 bridgehead atoms. The Bertz CT molecular complexity index is 534. The van der Waals surface area contributed by atoms with E-state index in [2.05, 4.69) is 6.58 Å². The van der Waals surface area contributed by atoms with Gasteiger partial charge in [-0.2, -0.15) is 0 Å². The van der Waals surface area contributed by atoms with Gasteiger partial charge in [-0.15, -0.1) is 6.58 Å². The van der Waals surface area contributed by atoms with Gasteiger partial charge in [0.25, 0.3) is 0 Å². The van der Waals surface area contributed by atoms with Gasteiger partial charge in [0, 0.05) is 0 Å². The van der Waals surface area contributed by atoms with Crippen molar-refractivity contribution in [3.05, 3.63) is 42.2 Å². The lowest BCUT2D eigenvalue weighted by Crippen LogP contribution is -2.08. The van der Waals surface area contributed by atoms with E-state index in [1.54, 1.807) is 0 Å². The standard InChI is InChI=1S/C10H9FO4S/c1-2-5-16(14,15)9-4-3-7(10(12)13)6-8(9)11/h2-4,6H,1,5H2,(H,12,13). The van der Waals surface area contributed by atoms with E-state index >= 15 is 0 Å². The third-order valence-electron chi connectivity index (χ3n) is 1.85. The van der Waals surface area contributed by atoms with Crippen LogP contribution in [0.1, 0.15) is 10.4 Å². The first kappa shape index (κ1) is 12.4. The zero-order valence-corrected chi connectivity index (χ0v) is 9.00. The quantitative estimate of drug-likeness (QED) is 0.814. The molecule has 0 heterocycles. The van der Waals surface area contributed by atoms with Crippen molar-refractivity contribution in [3.63, 3.8) is 0 Å². The van der Waals surface area contributed by atoms with Crippen molar-refractivity contribution in [1.29, 1.82) is 0 Å². The summed E-state index contributed by atoms with van der Waals surface area (Å²) in [4.78, 5) is 9.99. The van der Waals surface area contributed by atoms with Crippen LogP contribution in [-0.4, -0.2) is 25.2 Å². The van der Waals surface area contributed by atoms with E-state index in [0.29, 0.717) is 6.07 Å². The number of aromatic carboxylic acids is 1. The molecular formula is C10H9FO4S. The van der Waals surface area contributed by atoms with E-state index in [1.807, 2.05) is 0 Å². The highest BCUT2D eigenvalue weighted by Crippen LogP contribution is 2.17. The largest absolute Gasteiger partial charge is 0.478 e. The lowest BCUT2D eigenvalue weighted by molar-refractivity contribution is 0.0696. The van der Waals surface area contributed by atoms with Gasteiger partial charge in [0.15, 0.2) is 9.84 Å². The lowest BCUT2D eigenvalue weighted by atomic mass is 10.2. The van der Waals surface area contributed by atoms with Crippen molar-refractivity contribution in [2.75, 3.05) is 5.75 Å². The van der Waals surface area contributed by atoms with Crippen LogP contribution in [0.4, 0.5) is 4.39 Å². The van der Waals surface area contributed by atoms with Crippen LogP contribution in [0.3, 0.4) is 0 Å². The van der Waals surface area contributed by atoms with Gasteiger partial charge in [-0.3, -0.25) is 0 Å². The normalized spacial score (nSPS) is 11.1. The van der Waals surface area contributed by atoms with E-state index in [4.69, 9.17) is 5.11 Å². The second-order valence-corrected chi connectivity index (χ2v) is 5.02. The van der Waals surface area contributed by atoms with Crippen LogP contribution >= 0.6 is 0 Å². The van der Waals surface area contributed by atoms with Gasteiger partial charge in [0.1, 0.15) is 10.7 Å². The number of hydrogen-bond donors (Lipinski definition) is 1. The zero-order chi connectivity index (χ0) is 12.3. The van der Waals surface area contributed by atoms with Crippen LogP contribution in [0, 0.1) is 5.82 Å². The van der Waals surface area contributed by atoms with Crippen molar-refractivity contribution in [2.24, 2.45) is 0 Å². The molecule has 0 radical (unpaired) electrons. The van der Waals surface area contributed by atoms with Gasteiger partial charge in [-0.05, 0) is 18.2 Å². The molecule has 0 unspecified atom stereocenters. The summed E-state index contributed by atoms with van der Waals surface area (Å²) in [6.07, 6.45) is 1.14. The second kappa shape index (κ2) is 4.44. The molecule has 86 valence electrons. The Morgan fingerprint density at radius 3 is 2.56 bits per heavy atom. The number of hydrogen-bond acceptors (Lipinski definition) is 3. The number of halogens is 1. The molecule has 6 heteroatoms. The summed E-state index contributed by atoms with van der Waals surface area (Å²) in [6, 6.07) is 2.66. The molecule has 0 aromatic heterocycles. The van der Waals surface area contributed by atoms with Gasteiger partial charge in [-0.25, -0.2) is 17.6 Å². The first-order chi connectivity index (χ1) is 7.38. The summed E-state index contributed by atoms with van der Waals surface area (Å²) in [6.45, 7) is 3.25. The Kier molecular flexibility index (Phi) is 3.44. The molecule has 0 aliphatic carbocycles. The maximum absolute atomic E-state index is 13.4. The smallest absolute Gasteiger partial charge is 0.335 e. The predicted octanol–water partition coefficient (Wildman–Crippen LogP) is 1.48. The molecule has 0 fully saturated rings. The molecule has 0 amide bonds. The minimum absolute atomic E-state index is 0.296. The van der Waals surface area contributed by atoms with Gasteiger partial charge in [-0.1, -0.05) is 6.08 Å². The minimum atomic E-state index is -3.77. The first-order valence-corrected chi connectivity index (χ1v) is 5.90. The summed E-state index contributed by atoms with van der Waals surface area (Å²) >= 11 is 0. The highest BCUT2D eigenvalue weighted by molar-refractivity contribution is 7.91. The molecule has 1 aromatic carbocycles. The van der Waals surface area contributed by atoms with Gasteiger partial charge >= 0.3 is 5.97 Å². The third-order valence-corrected chi connectivity index (χ3v) is 3.53. The number of carboxylic acid groups (broad SMARTS) is 1. The fourth-order valence-corrected chi connectivity index (χ4v) is 2.25. The third kappa shape index (κ3) is 2.46. The molecule has 4 nitrogen and oxygen atoms in total. The number of rotatable bonds is 4. The molecule has 0 aliphatic heterocycles. The second-order valence-electron chi connectivity index (χ2n) is 3.02. The Morgan fingerprint density at radius 1 is 1.50 bits per heavy atom. The molecule has 16 heavy (non-hydrogen) atoms. The van der Waals surface area contributed by atoms with Gasteiger partial charge in [0.05, 0.1) is 11.3 Å². The van der Waals surface area contributed by atoms with Crippen LogP contribution in [-0.2, 0) is 9.84 Å². The van der Waals surface area contributed by atoms with E-state index < -0.39 is 32.3 Å². The Hall–Kier alpha value is -1.69. The fraction of sp³-hybridized carbons (Fsp3) is 0.100. The average Bonchev–Trinajstić information content (AvgIpc) is 2.16. The number of carboxylic acids is 1. The number of sulfone groups is 1. The molecule has 1 rings (SSSR count). The molecule has 0 saturated heterocycles. The van der Waals surface area contributed by atoms with Crippen molar-refractivity contribution in [3.8, 4) is 0 Å². The lowest BCUT2D eigenvalue weighted by Gasteiger charge is -2.03. The van der Waals surface area contributed by atoms with Crippen LogP contribution in [0.25, 0.3) is 0 Å². The van der Waals surface area contributed by atoms with Crippen LogP contribution in [0.2, 0.25) is 0 Å². The van der Waals surface area contributed by atoms with E-state index in [0.717, 1.165) is 18.2 Å². The molecule has 0 aliphatic rings. The van der Waals surface area contributed by atoms with E-state index in [1.165, 1.54) is 0 Å². The maximum atomic E-state index is 13.4. The Balaban J connectivity index is 3.28. The van der Waals surface area contributed by atoms with Gasteiger partial charge < -0.3 is 5.11 Å². The first-order valence-electron chi connectivity index (χ1n) is 4.25. The highest BCUT2D eigenvalue weighted by atomic mass is 32.2. The summed E-state index contributed by atoms with van der Waals surface area (Å²) in [5, 5.41) is 8.57. The molecule has 1 N–H and O–H groups in total. The number of carbonyl (C=O) groups is 1. The Morgan fingerprint density at radius 2 is 2.12 bits per heavy atom. The molecule has 0 atom stereocenters. The summed E-state index contributed by atoms with van der Waals surface area (Å²) < 4.78 is 36.3. The molecular weight excluding hydrogens is 235 g/mol. The maximum Gasteiger partial charge on any atom is 0.335 e. The Labute approximate surface area is 91.9 Å². The van der Waals surface area contributed by atoms with Crippen molar-refractivity contribution < 1.29 is 22.7 Å². The van der Waals surface area contributed by atoms with Crippen molar-refractivity contribution in [2.45, 2.75) is 4.90 Å². The molecule has 1 aromatic rings. The minimum Gasteiger partial charge on any atom is -0.478 e. The number of benzene rings is 1. The van der Waals surface area contributed by atoms with Crippen LogP contribution in [0.5, 0.6) is 0 Å². The van der Waals surface area contributed by atoms with E-state index in [-0.39, 0.29) is 5.56 Å². The fourth-order valence-electron chi connectivity index (χ4n) is 1.13. The predicted molar refractivity (Wildman–Crippen MR) is 55.6 cm³/mol. The van der Waals surface area contributed by atoms with E-state index in [9.17, 15) is 17.6 Å². The summed E-state index contributed by atoms with van der Waals surface area (Å²) in [5.41, 5.74) is -0.296. The van der Waals surface area contributed by atoms with Crippen molar-refractivity contribution >= 4 is 15.8 Å². The summed E-state index contributed by atoms with van der Waals surface area (Å²) in [5.74, 6) is -2.77. The monoisotopic (exact) mass is 244 g/mol. The van der Waals surface area contributed by atoms with Crippen LogP contribution in [0.15, 0.2) is 35.7 Å². The topological polar surface area (TPSA) is 71.4 Å². The summed E-state index contributed by atoms with van der Waals surface area (Å²) in [7, 11) is -3.77. The molecule has 0 saturated carbocycles. The zero-order valence-electron chi connectivity index (χ0n) is 8.18. The van der Waals surface area contributed by atoms with Crippen LogP contribution < -0.4 is 0 Å².